The predicted octanol–water partition coefficient (Wildman–Crippen LogP) is 3.74. The van der Waals surface area contributed by atoms with Gasteiger partial charge in [0.2, 0.25) is 5.91 Å². The number of nitrogens with zero attached hydrogens (tertiary/aromatic N) is 3. The standard InChI is InChI=1S/C31H39N5O4/c1-6-31(7-2)17-26(37)36(30(32)34-31)23-16-25(29(39)35(4)5)40-24-13-12-20(15-22(23)24)28(38)33-27-18(3)14-19-10-8-9-11-21(19)27/h8-13,15,18,23,25,27H,6-7,14,16-17H2,1-5H3,(H2,32,34)(H,33,38). The molecule has 2 aromatic carbocycles. The van der Waals surface area contributed by atoms with Crippen LogP contribution < -0.4 is 15.8 Å². The van der Waals surface area contributed by atoms with E-state index in [1.54, 1.807) is 32.3 Å². The van der Waals surface area contributed by atoms with Gasteiger partial charge in [0.1, 0.15) is 5.75 Å². The molecule has 9 nitrogen and oxygen atoms in total. The van der Waals surface area contributed by atoms with Crippen molar-refractivity contribution in [3.8, 4) is 5.75 Å². The van der Waals surface area contributed by atoms with Crippen LogP contribution in [0.25, 0.3) is 0 Å². The topological polar surface area (TPSA) is 117 Å². The number of likely N-dealkylation sites (N-methyl/N-ethyl adjacent to an activating group) is 1. The fourth-order valence-corrected chi connectivity index (χ4v) is 6.33. The summed E-state index contributed by atoms with van der Waals surface area (Å²) in [5.41, 5.74) is 9.44. The van der Waals surface area contributed by atoms with E-state index in [9.17, 15) is 14.4 Å². The molecule has 0 aromatic heterocycles. The van der Waals surface area contributed by atoms with Crippen LogP contribution in [-0.2, 0) is 16.0 Å². The minimum absolute atomic E-state index is 0.0865. The van der Waals surface area contributed by atoms with Crippen molar-refractivity contribution in [1.82, 2.24) is 15.1 Å². The Morgan fingerprint density at radius 2 is 1.88 bits per heavy atom. The third-order valence-electron chi connectivity index (χ3n) is 8.82. The molecule has 0 saturated carbocycles. The summed E-state index contributed by atoms with van der Waals surface area (Å²) in [6, 6.07) is 12.7. The Labute approximate surface area is 235 Å². The van der Waals surface area contributed by atoms with Gasteiger partial charge < -0.3 is 20.7 Å². The Morgan fingerprint density at radius 1 is 1.15 bits per heavy atom. The van der Waals surface area contributed by atoms with Crippen molar-refractivity contribution >= 4 is 23.7 Å². The van der Waals surface area contributed by atoms with Gasteiger partial charge in [-0.25, -0.2) is 4.99 Å². The van der Waals surface area contributed by atoms with Gasteiger partial charge in [0.05, 0.1) is 24.0 Å². The first-order chi connectivity index (χ1) is 19.1. The van der Waals surface area contributed by atoms with E-state index in [0.29, 0.717) is 29.7 Å². The Morgan fingerprint density at radius 3 is 2.55 bits per heavy atom. The molecule has 4 atom stereocenters. The highest BCUT2D eigenvalue weighted by Crippen LogP contribution is 2.42. The van der Waals surface area contributed by atoms with Gasteiger partial charge in [-0.2, -0.15) is 0 Å². The predicted molar refractivity (Wildman–Crippen MR) is 153 cm³/mol. The number of benzene rings is 2. The van der Waals surface area contributed by atoms with Crippen LogP contribution in [0, 0.1) is 5.92 Å². The van der Waals surface area contributed by atoms with Crippen LogP contribution in [0.3, 0.4) is 0 Å². The molecule has 1 aliphatic carbocycles. The fourth-order valence-electron chi connectivity index (χ4n) is 6.33. The van der Waals surface area contributed by atoms with Gasteiger partial charge >= 0.3 is 0 Å². The molecular weight excluding hydrogens is 506 g/mol. The van der Waals surface area contributed by atoms with Crippen molar-refractivity contribution in [2.75, 3.05) is 14.1 Å². The van der Waals surface area contributed by atoms with Gasteiger partial charge in [0, 0.05) is 31.6 Å². The van der Waals surface area contributed by atoms with Crippen molar-refractivity contribution in [3.63, 3.8) is 0 Å². The number of fused-ring (bicyclic) bond motifs is 2. The Balaban J connectivity index is 1.50. The lowest BCUT2D eigenvalue weighted by atomic mass is 9.86. The molecule has 2 aliphatic heterocycles. The van der Waals surface area contributed by atoms with Gasteiger partial charge in [-0.3, -0.25) is 19.3 Å². The van der Waals surface area contributed by atoms with Crippen molar-refractivity contribution in [2.45, 2.75) is 76.6 Å². The minimum atomic E-state index is -0.798. The second-order valence-corrected chi connectivity index (χ2v) is 11.5. The molecule has 0 radical (unpaired) electrons. The molecule has 4 unspecified atom stereocenters. The zero-order valence-electron chi connectivity index (χ0n) is 23.9. The number of nitrogens with two attached hydrogens (primary N) is 1. The Kier molecular flexibility index (Phi) is 7.33. The van der Waals surface area contributed by atoms with E-state index in [2.05, 4.69) is 24.4 Å². The van der Waals surface area contributed by atoms with E-state index in [1.165, 1.54) is 15.4 Å². The zero-order chi connectivity index (χ0) is 28.8. The maximum atomic E-state index is 13.6. The molecule has 40 heavy (non-hydrogen) atoms. The van der Waals surface area contributed by atoms with Crippen molar-refractivity contribution in [3.05, 3.63) is 64.7 Å². The first-order valence-corrected chi connectivity index (χ1v) is 14.1. The first kappa shape index (κ1) is 27.7. The maximum Gasteiger partial charge on any atom is 0.263 e. The third-order valence-corrected chi connectivity index (χ3v) is 8.82. The summed E-state index contributed by atoms with van der Waals surface area (Å²) in [6.07, 6.45) is 1.95. The number of rotatable bonds is 6. The lowest BCUT2D eigenvalue weighted by molar-refractivity contribution is -0.140. The van der Waals surface area contributed by atoms with Gasteiger partial charge in [0.15, 0.2) is 12.1 Å². The highest BCUT2D eigenvalue weighted by Gasteiger charge is 2.45. The van der Waals surface area contributed by atoms with E-state index in [4.69, 9.17) is 15.5 Å². The number of amides is 3. The summed E-state index contributed by atoms with van der Waals surface area (Å²) in [5.74, 6) is 0.312. The molecule has 0 saturated heterocycles. The number of ether oxygens (including phenoxy) is 1. The van der Waals surface area contributed by atoms with E-state index in [-0.39, 0.29) is 48.5 Å². The number of hydrogen-bond donors (Lipinski definition) is 2. The number of aliphatic imine (C=N–C) groups is 1. The molecule has 2 aromatic rings. The lowest BCUT2D eigenvalue weighted by Crippen LogP contribution is -2.54. The third kappa shape index (κ3) is 4.82. The second kappa shape index (κ2) is 10.6. The monoisotopic (exact) mass is 545 g/mol. The number of nitrogens with one attached hydrogen (secondary N) is 1. The van der Waals surface area contributed by atoms with Gasteiger partial charge in [-0.05, 0) is 54.5 Å². The minimum Gasteiger partial charge on any atom is -0.480 e. The number of carbonyl (C=O) groups excluding carboxylic acids is 3. The van der Waals surface area contributed by atoms with Crippen molar-refractivity contribution < 1.29 is 19.1 Å². The Bertz CT molecular complexity index is 1370. The lowest BCUT2D eigenvalue weighted by Gasteiger charge is -2.43. The average molecular weight is 546 g/mol. The largest absolute Gasteiger partial charge is 0.480 e. The Hall–Kier alpha value is -3.88. The highest BCUT2D eigenvalue weighted by molar-refractivity contribution is 6.00. The number of carbonyl (C=O) groups is 3. The van der Waals surface area contributed by atoms with Crippen LogP contribution >= 0.6 is 0 Å². The summed E-state index contributed by atoms with van der Waals surface area (Å²) >= 11 is 0. The highest BCUT2D eigenvalue weighted by atomic mass is 16.5. The molecule has 0 spiro atoms. The molecule has 212 valence electrons. The van der Waals surface area contributed by atoms with E-state index in [0.717, 1.165) is 12.0 Å². The molecule has 9 heteroatoms. The molecule has 0 fully saturated rings. The van der Waals surface area contributed by atoms with Crippen molar-refractivity contribution in [1.29, 1.82) is 0 Å². The van der Waals surface area contributed by atoms with E-state index < -0.39 is 17.7 Å². The molecule has 3 N–H and O–H groups in total. The zero-order valence-corrected chi connectivity index (χ0v) is 23.9. The molecule has 3 amide bonds. The van der Waals surface area contributed by atoms with Crippen LogP contribution in [0.5, 0.6) is 5.75 Å². The molecular formula is C31H39N5O4. The SMILES string of the molecule is CCC1(CC)CC(=O)N(C2CC(C(=O)N(C)C)Oc3ccc(C(=O)NC4c5ccccc5CC4C)cc32)C(N)=N1. The summed E-state index contributed by atoms with van der Waals surface area (Å²) in [7, 11) is 3.34. The van der Waals surface area contributed by atoms with Crippen LogP contribution in [0.1, 0.15) is 85.6 Å². The molecule has 0 bridgehead atoms. The van der Waals surface area contributed by atoms with E-state index >= 15 is 0 Å². The summed E-state index contributed by atoms with van der Waals surface area (Å²) in [6.45, 7) is 6.15. The molecule has 5 rings (SSSR count). The summed E-state index contributed by atoms with van der Waals surface area (Å²) in [4.78, 5) is 47.9. The van der Waals surface area contributed by atoms with Gasteiger partial charge in [-0.1, -0.05) is 45.0 Å². The van der Waals surface area contributed by atoms with Crippen LogP contribution in [0.2, 0.25) is 0 Å². The first-order valence-electron chi connectivity index (χ1n) is 14.1. The van der Waals surface area contributed by atoms with Crippen LogP contribution in [0.4, 0.5) is 0 Å². The van der Waals surface area contributed by atoms with Gasteiger partial charge in [-0.15, -0.1) is 0 Å². The maximum absolute atomic E-state index is 13.6. The quantitative estimate of drug-likeness (QED) is 0.574. The molecule has 2 heterocycles. The summed E-state index contributed by atoms with van der Waals surface area (Å²) < 4.78 is 6.12. The summed E-state index contributed by atoms with van der Waals surface area (Å²) in [5, 5.41) is 3.22. The second-order valence-electron chi connectivity index (χ2n) is 11.5. The molecule has 3 aliphatic rings. The van der Waals surface area contributed by atoms with Crippen molar-refractivity contribution in [2.24, 2.45) is 16.6 Å². The van der Waals surface area contributed by atoms with Gasteiger partial charge in [0.25, 0.3) is 11.8 Å². The normalized spacial score (nSPS) is 24.9. The smallest absolute Gasteiger partial charge is 0.263 e. The number of guanidine groups is 1. The van der Waals surface area contributed by atoms with Crippen LogP contribution in [-0.4, -0.2) is 59.2 Å². The van der Waals surface area contributed by atoms with E-state index in [1.807, 2.05) is 26.0 Å². The van der Waals surface area contributed by atoms with Crippen LogP contribution in [0.15, 0.2) is 47.5 Å². The number of hydrogen-bond acceptors (Lipinski definition) is 6. The average Bonchev–Trinajstić information content (AvgIpc) is 3.26. The fraction of sp³-hybridized carbons (Fsp3) is 0.484.